The van der Waals surface area contributed by atoms with Crippen LogP contribution < -0.4 is 0 Å². The molecule has 0 amide bonds. The van der Waals surface area contributed by atoms with E-state index in [1.54, 1.807) is 0 Å². The van der Waals surface area contributed by atoms with E-state index in [0.29, 0.717) is 17.1 Å². The Morgan fingerprint density at radius 2 is 1.85 bits per heavy atom. The maximum absolute atomic E-state index is 11.9. The smallest absolute Gasteiger partial charge is 0.184 e. The van der Waals surface area contributed by atoms with Gasteiger partial charge in [-0.1, -0.05) is 19.4 Å². The molecule has 0 saturated heterocycles. The van der Waals surface area contributed by atoms with Gasteiger partial charge in [-0.3, -0.25) is 4.79 Å². The number of allylic oxidation sites excluding steroid dienone is 1. The van der Waals surface area contributed by atoms with Crippen molar-refractivity contribution in [2.24, 2.45) is 29.1 Å². The van der Waals surface area contributed by atoms with Crippen molar-refractivity contribution in [1.82, 2.24) is 0 Å². The summed E-state index contributed by atoms with van der Waals surface area (Å²) >= 11 is 0. The number of rotatable bonds is 3. The summed E-state index contributed by atoms with van der Waals surface area (Å²) in [7, 11) is -1.56. The molecule has 3 fully saturated rings. The lowest BCUT2D eigenvalue weighted by atomic mass is 9.50. The summed E-state index contributed by atoms with van der Waals surface area (Å²) in [6, 6.07) is 0. The Labute approximate surface area is 161 Å². The van der Waals surface area contributed by atoms with Gasteiger partial charge in [-0.25, -0.2) is 0 Å². The second-order valence-electron chi connectivity index (χ2n) is 10.9. The normalized spacial score (nSPS) is 45.6. The van der Waals surface area contributed by atoms with Crippen LogP contribution in [0.5, 0.6) is 0 Å². The Hall–Kier alpha value is -0.413. The van der Waals surface area contributed by atoms with E-state index in [4.69, 9.17) is 4.43 Å². The summed E-state index contributed by atoms with van der Waals surface area (Å²) in [5.41, 5.74) is 1.98. The highest BCUT2D eigenvalue weighted by atomic mass is 28.4. The van der Waals surface area contributed by atoms with E-state index >= 15 is 0 Å². The van der Waals surface area contributed by atoms with Crippen LogP contribution in [0.1, 0.15) is 71.6 Å². The van der Waals surface area contributed by atoms with E-state index in [1.165, 1.54) is 50.5 Å². The Kier molecular flexibility index (Phi) is 4.59. The minimum absolute atomic E-state index is 0.117. The number of carbonyl (C=O) groups excluding carboxylic acids is 1. The minimum Gasteiger partial charge on any atom is -0.412 e. The van der Waals surface area contributed by atoms with Gasteiger partial charge in [0.1, 0.15) is 0 Å². The van der Waals surface area contributed by atoms with Gasteiger partial charge in [0, 0.05) is 6.42 Å². The van der Waals surface area contributed by atoms with Crippen molar-refractivity contribution in [1.29, 1.82) is 0 Å². The SMILES string of the molecule is CCC1(O[Si](C)(C)C)CC[C@H]2[C@@H]3CCC4=CC(=O)CC[C@@H]4[C@H]3CC[C@@]21C. The first-order chi connectivity index (χ1) is 12.2. The van der Waals surface area contributed by atoms with Gasteiger partial charge in [-0.15, -0.1) is 0 Å². The molecule has 0 aromatic rings. The second kappa shape index (κ2) is 6.30. The first-order valence-corrected chi connectivity index (χ1v) is 14.5. The van der Waals surface area contributed by atoms with Crippen LogP contribution >= 0.6 is 0 Å². The number of hydrogen-bond donors (Lipinski definition) is 0. The Bertz CT molecular complexity index is 618. The summed E-state index contributed by atoms with van der Waals surface area (Å²) < 4.78 is 6.99. The van der Waals surface area contributed by atoms with Crippen LogP contribution in [0.15, 0.2) is 11.6 Å². The van der Waals surface area contributed by atoms with Gasteiger partial charge < -0.3 is 4.43 Å². The van der Waals surface area contributed by atoms with Gasteiger partial charge >= 0.3 is 0 Å². The fourth-order valence-electron chi connectivity index (χ4n) is 7.68. The average Bonchev–Trinajstić information content (AvgIpc) is 2.86. The number of hydrogen-bond acceptors (Lipinski definition) is 2. The zero-order valence-electron chi connectivity index (χ0n) is 17.6. The molecular formula is C23H38O2Si. The summed E-state index contributed by atoms with van der Waals surface area (Å²) in [5.74, 6) is 3.62. The number of ketones is 1. The van der Waals surface area contributed by atoms with Gasteiger partial charge in [0.15, 0.2) is 14.1 Å². The van der Waals surface area contributed by atoms with Gasteiger partial charge in [-0.2, -0.15) is 0 Å². The molecule has 0 aromatic heterocycles. The van der Waals surface area contributed by atoms with Crippen LogP contribution in [0.25, 0.3) is 0 Å². The lowest BCUT2D eigenvalue weighted by Crippen LogP contribution is -2.56. The van der Waals surface area contributed by atoms with Crippen molar-refractivity contribution < 1.29 is 9.22 Å². The van der Waals surface area contributed by atoms with E-state index in [-0.39, 0.29) is 5.60 Å². The zero-order valence-corrected chi connectivity index (χ0v) is 18.6. The van der Waals surface area contributed by atoms with Crippen molar-refractivity contribution in [3.8, 4) is 0 Å². The van der Waals surface area contributed by atoms with Crippen LogP contribution in [0, 0.1) is 29.1 Å². The lowest BCUT2D eigenvalue weighted by molar-refractivity contribution is -0.118. The predicted octanol–water partition coefficient (Wildman–Crippen LogP) is 6.13. The fourth-order valence-corrected chi connectivity index (χ4v) is 9.33. The van der Waals surface area contributed by atoms with Crippen LogP contribution in [-0.4, -0.2) is 19.7 Å². The van der Waals surface area contributed by atoms with Crippen molar-refractivity contribution in [3.63, 3.8) is 0 Å². The van der Waals surface area contributed by atoms with Crippen LogP contribution in [0.4, 0.5) is 0 Å². The second-order valence-corrected chi connectivity index (χ2v) is 15.3. The highest BCUT2D eigenvalue weighted by Crippen LogP contribution is 2.66. The molecule has 4 rings (SSSR count). The van der Waals surface area contributed by atoms with Crippen molar-refractivity contribution in [2.45, 2.75) is 96.9 Å². The molecular weight excluding hydrogens is 336 g/mol. The van der Waals surface area contributed by atoms with E-state index in [9.17, 15) is 4.79 Å². The predicted molar refractivity (Wildman–Crippen MR) is 110 cm³/mol. The summed E-state index contributed by atoms with van der Waals surface area (Å²) in [6.45, 7) is 12.0. The molecule has 4 aliphatic rings. The molecule has 4 aliphatic carbocycles. The third-order valence-corrected chi connectivity index (χ3v) is 9.67. The standard InChI is InChI=1S/C23H38O2Si/c1-6-23(25-26(3,4)5)14-12-21-20-9-7-16-15-17(24)8-10-18(16)19(20)11-13-22(21,23)2/h15,18-21H,6-14H2,1-5H3/t18-,19+,20+,21-,22-,23?/m0/s1. The third-order valence-electron chi connectivity index (χ3n) is 8.66. The van der Waals surface area contributed by atoms with E-state index in [1.807, 2.05) is 6.08 Å². The van der Waals surface area contributed by atoms with Crippen LogP contribution in [0.3, 0.4) is 0 Å². The van der Waals surface area contributed by atoms with Gasteiger partial charge in [0.25, 0.3) is 0 Å². The van der Waals surface area contributed by atoms with E-state index < -0.39 is 8.32 Å². The molecule has 3 heteroatoms. The van der Waals surface area contributed by atoms with Gasteiger partial charge in [-0.05, 0) is 106 Å². The molecule has 26 heavy (non-hydrogen) atoms. The molecule has 0 N–H and O–H groups in total. The quantitative estimate of drug-likeness (QED) is 0.556. The fraction of sp³-hybridized carbons (Fsp3) is 0.870. The molecule has 3 saturated carbocycles. The minimum atomic E-state index is -1.56. The van der Waals surface area contributed by atoms with Crippen molar-refractivity contribution in [2.75, 3.05) is 0 Å². The zero-order chi connectivity index (χ0) is 18.7. The van der Waals surface area contributed by atoms with Crippen LogP contribution in [0.2, 0.25) is 19.6 Å². The lowest BCUT2D eigenvalue weighted by Gasteiger charge is -2.57. The summed E-state index contributed by atoms with van der Waals surface area (Å²) in [5, 5.41) is 0. The Morgan fingerprint density at radius 1 is 1.08 bits per heavy atom. The van der Waals surface area contributed by atoms with E-state index in [0.717, 1.165) is 30.6 Å². The molecule has 2 nitrogen and oxygen atoms in total. The molecule has 0 spiro atoms. The Balaban J connectivity index is 1.62. The monoisotopic (exact) mass is 374 g/mol. The molecule has 1 unspecified atom stereocenters. The molecule has 0 aliphatic heterocycles. The molecule has 0 bridgehead atoms. The Morgan fingerprint density at radius 3 is 2.54 bits per heavy atom. The molecule has 6 atom stereocenters. The van der Waals surface area contributed by atoms with E-state index in [2.05, 4.69) is 33.5 Å². The molecule has 0 heterocycles. The number of carbonyl (C=O) groups is 1. The maximum Gasteiger partial charge on any atom is 0.184 e. The maximum atomic E-state index is 11.9. The van der Waals surface area contributed by atoms with Crippen molar-refractivity contribution in [3.05, 3.63) is 11.6 Å². The summed E-state index contributed by atoms with van der Waals surface area (Å²) in [6.07, 6.45) is 12.9. The first-order valence-electron chi connectivity index (χ1n) is 11.1. The highest BCUT2D eigenvalue weighted by Gasteiger charge is 2.63. The molecule has 0 radical (unpaired) electrons. The van der Waals surface area contributed by atoms with Crippen molar-refractivity contribution >= 4 is 14.1 Å². The van der Waals surface area contributed by atoms with Gasteiger partial charge in [0.05, 0.1) is 5.60 Å². The van der Waals surface area contributed by atoms with Crippen LogP contribution in [-0.2, 0) is 9.22 Å². The highest BCUT2D eigenvalue weighted by molar-refractivity contribution is 6.69. The third kappa shape index (κ3) is 2.80. The number of fused-ring (bicyclic) bond motifs is 5. The topological polar surface area (TPSA) is 26.3 Å². The average molecular weight is 375 g/mol. The first kappa shape index (κ1) is 18.9. The molecule has 0 aromatic carbocycles. The summed E-state index contributed by atoms with van der Waals surface area (Å²) in [4.78, 5) is 11.9. The molecule has 146 valence electrons. The van der Waals surface area contributed by atoms with Gasteiger partial charge in [0.2, 0.25) is 0 Å². The largest absolute Gasteiger partial charge is 0.412 e.